The lowest BCUT2D eigenvalue weighted by Gasteiger charge is -2.05. The van der Waals surface area contributed by atoms with Crippen molar-refractivity contribution in [3.05, 3.63) is 22.4 Å². The Morgan fingerprint density at radius 2 is 2.23 bits per heavy atom. The van der Waals surface area contributed by atoms with Crippen LogP contribution in [0.2, 0.25) is 0 Å². The Balaban J connectivity index is 2.53. The summed E-state index contributed by atoms with van der Waals surface area (Å²) in [5.74, 6) is 0.759. The molecular weight excluding hydrogens is 234 g/mol. The maximum atomic E-state index is 5.36. The van der Waals surface area contributed by atoms with Crippen LogP contribution in [0.4, 0.5) is 0 Å². The van der Waals surface area contributed by atoms with E-state index in [9.17, 15) is 0 Å². The molecule has 0 amide bonds. The van der Waals surface area contributed by atoms with Crippen LogP contribution >= 0.6 is 15.9 Å². The van der Waals surface area contributed by atoms with E-state index in [0.717, 1.165) is 15.9 Å². The first kappa shape index (κ1) is 10.5. The van der Waals surface area contributed by atoms with Crippen LogP contribution in [0.5, 0.6) is 5.75 Å². The van der Waals surface area contributed by atoms with Crippen LogP contribution in [0.15, 0.2) is 16.7 Å². The summed E-state index contributed by atoms with van der Waals surface area (Å²) in [5.41, 5.74) is 0.957. The second-order valence-electron chi connectivity index (χ2n) is 2.58. The Labute approximate surface area is 86.2 Å². The number of rotatable bonds is 4. The topological polar surface area (TPSA) is 31.4 Å². The molecule has 1 heterocycles. The molecule has 13 heavy (non-hydrogen) atoms. The molecule has 0 radical (unpaired) electrons. The maximum absolute atomic E-state index is 5.36. The summed E-state index contributed by atoms with van der Waals surface area (Å²) in [6.07, 6.45) is 1.70. The minimum Gasteiger partial charge on any atom is -0.490 e. The number of hydrogen-bond donors (Lipinski definition) is 0. The fraction of sp³-hybridized carbons (Fsp3) is 0.444. The highest BCUT2D eigenvalue weighted by atomic mass is 79.9. The van der Waals surface area contributed by atoms with Gasteiger partial charge in [-0.05, 0) is 28.9 Å². The number of aromatic nitrogens is 1. The fourth-order valence-corrected chi connectivity index (χ4v) is 1.14. The number of nitrogens with zero attached hydrogens (tertiary/aromatic N) is 1. The molecule has 1 aromatic rings. The fourth-order valence-electron chi connectivity index (χ4n) is 0.811. The van der Waals surface area contributed by atoms with Crippen molar-refractivity contribution in [1.29, 1.82) is 0 Å². The van der Waals surface area contributed by atoms with Crippen LogP contribution in [0.25, 0.3) is 0 Å². The van der Waals surface area contributed by atoms with E-state index in [2.05, 4.69) is 20.9 Å². The average molecular weight is 246 g/mol. The summed E-state index contributed by atoms with van der Waals surface area (Å²) in [7, 11) is 1.65. The molecular formula is C9H12BrNO2. The van der Waals surface area contributed by atoms with Gasteiger partial charge in [0.1, 0.15) is 12.4 Å². The molecule has 0 aliphatic rings. The van der Waals surface area contributed by atoms with E-state index < -0.39 is 0 Å². The van der Waals surface area contributed by atoms with Crippen molar-refractivity contribution < 1.29 is 9.47 Å². The first-order valence-electron chi connectivity index (χ1n) is 3.98. The quantitative estimate of drug-likeness (QED) is 0.763. The molecule has 4 heteroatoms. The SMILES string of the molecule is COCCOc1cnc(C)c(Br)c1. The Kier molecular flexibility index (Phi) is 4.18. The smallest absolute Gasteiger partial charge is 0.138 e. The molecule has 0 bridgehead atoms. The first-order valence-corrected chi connectivity index (χ1v) is 4.77. The van der Waals surface area contributed by atoms with E-state index in [1.165, 1.54) is 0 Å². The van der Waals surface area contributed by atoms with E-state index >= 15 is 0 Å². The zero-order chi connectivity index (χ0) is 9.68. The minimum absolute atomic E-state index is 0.549. The van der Waals surface area contributed by atoms with Crippen LogP contribution in [-0.2, 0) is 4.74 Å². The van der Waals surface area contributed by atoms with Crippen LogP contribution in [0.3, 0.4) is 0 Å². The molecule has 0 saturated carbocycles. The van der Waals surface area contributed by atoms with Crippen molar-refractivity contribution in [1.82, 2.24) is 4.98 Å². The highest BCUT2D eigenvalue weighted by molar-refractivity contribution is 9.10. The van der Waals surface area contributed by atoms with Gasteiger partial charge < -0.3 is 9.47 Å². The number of hydrogen-bond acceptors (Lipinski definition) is 3. The van der Waals surface area contributed by atoms with Crippen molar-refractivity contribution in [3.8, 4) is 5.75 Å². The number of pyridine rings is 1. The monoisotopic (exact) mass is 245 g/mol. The summed E-state index contributed by atoms with van der Waals surface area (Å²) in [6.45, 7) is 3.07. The third-order valence-electron chi connectivity index (χ3n) is 1.56. The van der Waals surface area contributed by atoms with Crippen molar-refractivity contribution in [2.75, 3.05) is 20.3 Å². The Hall–Kier alpha value is -0.610. The van der Waals surface area contributed by atoms with Gasteiger partial charge in [0.05, 0.1) is 18.5 Å². The van der Waals surface area contributed by atoms with E-state index in [1.54, 1.807) is 13.3 Å². The van der Waals surface area contributed by atoms with Gasteiger partial charge in [-0.25, -0.2) is 0 Å². The zero-order valence-corrected chi connectivity index (χ0v) is 9.30. The standard InChI is InChI=1S/C9H12BrNO2/c1-7-9(10)5-8(6-11-7)13-4-3-12-2/h5-6H,3-4H2,1-2H3. The Morgan fingerprint density at radius 3 is 2.85 bits per heavy atom. The van der Waals surface area contributed by atoms with Gasteiger partial charge in [-0.3, -0.25) is 4.98 Å². The minimum atomic E-state index is 0.549. The molecule has 72 valence electrons. The highest BCUT2D eigenvalue weighted by Crippen LogP contribution is 2.19. The second-order valence-corrected chi connectivity index (χ2v) is 3.43. The van der Waals surface area contributed by atoms with Gasteiger partial charge in [0.2, 0.25) is 0 Å². The summed E-state index contributed by atoms with van der Waals surface area (Å²) in [4.78, 5) is 4.14. The maximum Gasteiger partial charge on any atom is 0.138 e. The predicted molar refractivity (Wildman–Crippen MR) is 54.0 cm³/mol. The van der Waals surface area contributed by atoms with Crippen molar-refractivity contribution >= 4 is 15.9 Å². The first-order chi connectivity index (χ1) is 6.24. The molecule has 1 rings (SSSR count). The predicted octanol–water partition coefficient (Wildman–Crippen LogP) is 2.18. The molecule has 0 aliphatic heterocycles. The summed E-state index contributed by atoms with van der Waals surface area (Å²) >= 11 is 3.38. The third kappa shape index (κ3) is 3.32. The molecule has 0 unspecified atom stereocenters. The van der Waals surface area contributed by atoms with Crippen molar-refractivity contribution in [2.24, 2.45) is 0 Å². The third-order valence-corrected chi connectivity index (χ3v) is 2.36. The molecule has 0 aliphatic carbocycles. The van der Waals surface area contributed by atoms with Crippen molar-refractivity contribution in [2.45, 2.75) is 6.92 Å². The zero-order valence-electron chi connectivity index (χ0n) is 7.71. The molecule has 1 aromatic heterocycles. The van der Waals surface area contributed by atoms with Gasteiger partial charge in [0, 0.05) is 11.6 Å². The Bertz CT molecular complexity index is 278. The van der Waals surface area contributed by atoms with Crippen LogP contribution in [0.1, 0.15) is 5.69 Å². The normalized spacial score (nSPS) is 10.1. The number of ether oxygens (including phenoxy) is 2. The molecule has 3 nitrogen and oxygen atoms in total. The lowest BCUT2D eigenvalue weighted by Crippen LogP contribution is -2.04. The van der Waals surface area contributed by atoms with Gasteiger partial charge in [-0.15, -0.1) is 0 Å². The van der Waals surface area contributed by atoms with E-state index in [4.69, 9.17) is 9.47 Å². The van der Waals surface area contributed by atoms with Crippen molar-refractivity contribution in [3.63, 3.8) is 0 Å². The number of halogens is 1. The number of aryl methyl sites for hydroxylation is 1. The van der Waals surface area contributed by atoms with Gasteiger partial charge in [-0.1, -0.05) is 0 Å². The van der Waals surface area contributed by atoms with Gasteiger partial charge in [0.15, 0.2) is 0 Å². The molecule has 0 aromatic carbocycles. The lowest BCUT2D eigenvalue weighted by atomic mass is 10.4. The van der Waals surface area contributed by atoms with Gasteiger partial charge >= 0.3 is 0 Å². The van der Waals surface area contributed by atoms with E-state index in [0.29, 0.717) is 13.2 Å². The summed E-state index contributed by atoms with van der Waals surface area (Å²) in [5, 5.41) is 0. The molecule has 0 spiro atoms. The number of methoxy groups -OCH3 is 1. The van der Waals surface area contributed by atoms with Crippen LogP contribution in [0, 0.1) is 6.92 Å². The van der Waals surface area contributed by atoms with Gasteiger partial charge in [-0.2, -0.15) is 0 Å². The molecule has 0 atom stereocenters. The summed E-state index contributed by atoms with van der Waals surface area (Å²) in [6, 6.07) is 1.90. The van der Waals surface area contributed by atoms with E-state index in [1.807, 2.05) is 13.0 Å². The van der Waals surface area contributed by atoms with E-state index in [-0.39, 0.29) is 0 Å². The Morgan fingerprint density at radius 1 is 1.46 bits per heavy atom. The lowest BCUT2D eigenvalue weighted by molar-refractivity contribution is 0.146. The highest BCUT2D eigenvalue weighted by Gasteiger charge is 1.98. The molecule has 0 N–H and O–H groups in total. The molecule has 0 saturated heterocycles. The van der Waals surface area contributed by atoms with Crippen LogP contribution < -0.4 is 4.74 Å². The molecule has 0 fully saturated rings. The van der Waals surface area contributed by atoms with Gasteiger partial charge in [0.25, 0.3) is 0 Å². The largest absolute Gasteiger partial charge is 0.490 e. The second kappa shape index (κ2) is 5.19. The van der Waals surface area contributed by atoms with Crippen LogP contribution in [-0.4, -0.2) is 25.3 Å². The summed E-state index contributed by atoms with van der Waals surface area (Å²) < 4.78 is 11.2. The average Bonchev–Trinajstić information content (AvgIpc) is 2.12.